The number of rotatable bonds is 2. The molecule has 0 N–H and O–H groups in total. The zero-order valence-electron chi connectivity index (χ0n) is 10.3. The molecule has 0 amide bonds. The summed E-state index contributed by atoms with van der Waals surface area (Å²) >= 11 is 2.24. The van der Waals surface area contributed by atoms with Crippen LogP contribution in [0, 0.1) is 8.99 Å². The molecule has 0 aliphatic carbocycles. The molecular formula is C13H16INO2. The number of halogens is 1. The van der Waals surface area contributed by atoms with Crippen molar-refractivity contribution in [2.45, 2.75) is 33.7 Å². The van der Waals surface area contributed by atoms with Gasteiger partial charge in [-0.05, 0) is 52.6 Å². The van der Waals surface area contributed by atoms with E-state index in [4.69, 9.17) is 4.42 Å². The summed E-state index contributed by atoms with van der Waals surface area (Å²) in [6, 6.07) is 5.79. The summed E-state index contributed by atoms with van der Waals surface area (Å²) in [6.07, 6.45) is 0.951. The predicted octanol–water partition coefficient (Wildman–Crippen LogP) is 3.64. The molecule has 0 spiro atoms. The summed E-state index contributed by atoms with van der Waals surface area (Å²) in [6.45, 7) is 7.22. The number of oxazole rings is 1. The molecule has 0 fully saturated rings. The third-order valence-electron chi connectivity index (χ3n) is 2.71. The molecule has 1 heterocycles. The van der Waals surface area contributed by atoms with E-state index in [-0.39, 0.29) is 11.2 Å². The van der Waals surface area contributed by atoms with Gasteiger partial charge in [-0.2, -0.15) is 0 Å². The van der Waals surface area contributed by atoms with Crippen LogP contribution in [0.3, 0.4) is 0 Å². The number of aromatic nitrogens is 1. The Kier molecular flexibility index (Phi) is 3.34. The maximum absolute atomic E-state index is 11.8. The van der Waals surface area contributed by atoms with Crippen molar-refractivity contribution < 1.29 is 4.42 Å². The average Bonchev–Trinajstić information content (AvgIpc) is 2.49. The van der Waals surface area contributed by atoms with Crippen LogP contribution in [-0.4, -0.2) is 4.57 Å². The van der Waals surface area contributed by atoms with Gasteiger partial charge in [0.1, 0.15) is 0 Å². The van der Waals surface area contributed by atoms with Crippen molar-refractivity contribution >= 4 is 33.7 Å². The lowest BCUT2D eigenvalue weighted by Crippen LogP contribution is -2.18. The highest BCUT2D eigenvalue weighted by molar-refractivity contribution is 14.1. The molecule has 92 valence electrons. The van der Waals surface area contributed by atoms with Gasteiger partial charge in [0.2, 0.25) is 0 Å². The highest BCUT2D eigenvalue weighted by atomic mass is 127. The second-order valence-electron chi connectivity index (χ2n) is 5.44. The molecule has 1 aromatic carbocycles. The molecule has 0 aliphatic rings. The van der Waals surface area contributed by atoms with Gasteiger partial charge in [-0.1, -0.05) is 20.8 Å². The fraction of sp³-hybridized carbons (Fsp3) is 0.462. The largest absolute Gasteiger partial charge is 0.419 e. The summed E-state index contributed by atoms with van der Waals surface area (Å²) in [4.78, 5) is 11.8. The second kappa shape index (κ2) is 4.48. The lowest BCUT2D eigenvalue weighted by atomic mass is 9.92. The van der Waals surface area contributed by atoms with Crippen molar-refractivity contribution in [3.8, 4) is 0 Å². The van der Waals surface area contributed by atoms with E-state index >= 15 is 0 Å². The van der Waals surface area contributed by atoms with E-state index in [1.165, 1.54) is 0 Å². The molecule has 2 rings (SSSR count). The van der Waals surface area contributed by atoms with Crippen LogP contribution in [0.1, 0.15) is 27.2 Å². The van der Waals surface area contributed by atoms with Gasteiger partial charge in [0.05, 0.1) is 5.52 Å². The van der Waals surface area contributed by atoms with Crippen LogP contribution < -0.4 is 5.76 Å². The lowest BCUT2D eigenvalue weighted by Gasteiger charge is -2.17. The minimum Gasteiger partial charge on any atom is -0.408 e. The van der Waals surface area contributed by atoms with Crippen LogP contribution in [-0.2, 0) is 6.54 Å². The maximum Gasteiger partial charge on any atom is 0.419 e. The van der Waals surface area contributed by atoms with Gasteiger partial charge < -0.3 is 4.42 Å². The summed E-state index contributed by atoms with van der Waals surface area (Å²) in [5.41, 5.74) is 1.78. The van der Waals surface area contributed by atoms with Gasteiger partial charge >= 0.3 is 5.76 Å². The average molecular weight is 345 g/mol. The van der Waals surface area contributed by atoms with Crippen molar-refractivity contribution in [1.82, 2.24) is 4.57 Å². The van der Waals surface area contributed by atoms with E-state index in [1.54, 1.807) is 4.57 Å². The Bertz CT molecular complexity index is 589. The Labute approximate surface area is 114 Å². The molecule has 4 heteroatoms. The molecule has 3 nitrogen and oxygen atoms in total. The first-order valence-corrected chi connectivity index (χ1v) is 6.74. The Hall–Kier alpha value is -0.780. The van der Waals surface area contributed by atoms with Crippen molar-refractivity contribution in [1.29, 1.82) is 0 Å². The summed E-state index contributed by atoms with van der Waals surface area (Å²) < 4.78 is 8.06. The van der Waals surface area contributed by atoms with E-state index < -0.39 is 0 Å². The van der Waals surface area contributed by atoms with Gasteiger partial charge in [-0.15, -0.1) is 0 Å². The molecular weight excluding hydrogens is 329 g/mol. The summed E-state index contributed by atoms with van der Waals surface area (Å²) in [5.74, 6) is -0.258. The topological polar surface area (TPSA) is 35.1 Å². The highest BCUT2D eigenvalue weighted by Gasteiger charge is 2.14. The molecule has 0 radical (unpaired) electrons. The Morgan fingerprint density at radius 3 is 2.71 bits per heavy atom. The highest BCUT2D eigenvalue weighted by Crippen LogP contribution is 2.22. The van der Waals surface area contributed by atoms with Gasteiger partial charge in [-0.3, -0.25) is 4.57 Å². The predicted molar refractivity (Wildman–Crippen MR) is 77.3 cm³/mol. The third-order valence-corrected chi connectivity index (χ3v) is 3.39. The van der Waals surface area contributed by atoms with Crippen LogP contribution in [0.15, 0.2) is 27.4 Å². The molecule has 0 saturated heterocycles. The van der Waals surface area contributed by atoms with E-state index in [1.807, 2.05) is 18.2 Å². The normalized spacial score (nSPS) is 12.2. The Balaban J connectivity index is 2.42. The fourth-order valence-electron chi connectivity index (χ4n) is 1.69. The van der Waals surface area contributed by atoms with E-state index in [0.29, 0.717) is 12.1 Å². The molecule has 1 aromatic heterocycles. The Morgan fingerprint density at radius 2 is 2.06 bits per heavy atom. The minimum atomic E-state index is -0.258. The van der Waals surface area contributed by atoms with Crippen LogP contribution in [0.5, 0.6) is 0 Å². The van der Waals surface area contributed by atoms with Crippen LogP contribution in [0.2, 0.25) is 0 Å². The van der Waals surface area contributed by atoms with Gasteiger partial charge in [-0.25, -0.2) is 4.79 Å². The van der Waals surface area contributed by atoms with E-state index in [0.717, 1.165) is 15.5 Å². The SMILES string of the molecule is CC(C)(C)CCn1c(=O)oc2ccc(I)cc21. The van der Waals surface area contributed by atoms with Crippen molar-refractivity contribution in [2.24, 2.45) is 5.41 Å². The quantitative estimate of drug-likeness (QED) is 0.779. The number of nitrogens with zero attached hydrogens (tertiary/aromatic N) is 1. The maximum atomic E-state index is 11.8. The van der Waals surface area contributed by atoms with Crippen molar-refractivity contribution in [3.63, 3.8) is 0 Å². The number of hydrogen-bond donors (Lipinski definition) is 0. The van der Waals surface area contributed by atoms with Crippen molar-refractivity contribution in [2.75, 3.05) is 0 Å². The monoisotopic (exact) mass is 345 g/mol. The van der Waals surface area contributed by atoms with Gasteiger partial charge in [0, 0.05) is 10.1 Å². The fourth-order valence-corrected chi connectivity index (χ4v) is 2.17. The molecule has 0 unspecified atom stereocenters. The minimum absolute atomic E-state index is 0.213. The molecule has 2 aromatic rings. The summed E-state index contributed by atoms with van der Waals surface area (Å²) in [7, 11) is 0. The van der Waals surface area contributed by atoms with Gasteiger partial charge in [0.15, 0.2) is 5.58 Å². The Morgan fingerprint density at radius 1 is 1.35 bits per heavy atom. The van der Waals surface area contributed by atoms with Crippen LogP contribution >= 0.6 is 22.6 Å². The standard InChI is InChI=1S/C13H16INO2/c1-13(2,3)6-7-15-10-8-9(14)4-5-11(10)17-12(15)16/h4-5,8H,6-7H2,1-3H3. The number of fused-ring (bicyclic) bond motifs is 1. The third kappa shape index (κ3) is 2.91. The molecule has 0 saturated carbocycles. The first-order chi connectivity index (χ1) is 7.87. The zero-order chi connectivity index (χ0) is 12.6. The molecule has 0 bridgehead atoms. The zero-order valence-corrected chi connectivity index (χ0v) is 12.4. The second-order valence-corrected chi connectivity index (χ2v) is 6.69. The molecule has 0 aliphatic heterocycles. The van der Waals surface area contributed by atoms with Crippen LogP contribution in [0.25, 0.3) is 11.1 Å². The first-order valence-electron chi connectivity index (χ1n) is 5.66. The number of benzene rings is 1. The lowest BCUT2D eigenvalue weighted by molar-refractivity contribution is 0.343. The van der Waals surface area contributed by atoms with Gasteiger partial charge in [0.25, 0.3) is 0 Å². The number of aryl methyl sites for hydroxylation is 1. The van der Waals surface area contributed by atoms with Crippen LogP contribution in [0.4, 0.5) is 0 Å². The first kappa shape index (κ1) is 12.7. The molecule has 17 heavy (non-hydrogen) atoms. The number of hydrogen-bond acceptors (Lipinski definition) is 2. The smallest absolute Gasteiger partial charge is 0.408 e. The van der Waals surface area contributed by atoms with E-state index in [9.17, 15) is 4.79 Å². The summed E-state index contributed by atoms with van der Waals surface area (Å²) in [5, 5.41) is 0. The van der Waals surface area contributed by atoms with E-state index in [2.05, 4.69) is 43.4 Å². The molecule has 0 atom stereocenters. The van der Waals surface area contributed by atoms with Crippen molar-refractivity contribution in [3.05, 3.63) is 32.3 Å².